The van der Waals surface area contributed by atoms with Crippen LogP contribution >= 0.6 is 0 Å². The highest BCUT2D eigenvalue weighted by Gasteiger charge is 2.07. The average molecular weight is 228 g/mol. The van der Waals surface area contributed by atoms with Gasteiger partial charge in [-0.25, -0.2) is 0 Å². The van der Waals surface area contributed by atoms with Gasteiger partial charge in [-0.3, -0.25) is 10.1 Å². The highest BCUT2D eigenvalue weighted by molar-refractivity contribution is 5.44. The van der Waals surface area contributed by atoms with Gasteiger partial charge in [0.1, 0.15) is 0 Å². The normalized spacial score (nSPS) is 10.1. The molecule has 0 saturated carbocycles. The molecule has 2 aromatic carbocycles. The average Bonchev–Trinajstić information content (AvgIpc) is 2.33. The molecule has 4 nitrogen and oxygen atoms in total. The molecule has 0 radical (unpaired) electrons. The maximum Gasteiger partial charge on any atom is 0.269 e. The van der Waals surface area contributed by atoms with Crippen LogP contribution in [0.4, 0.5) is 5.69 Å². The fourth-order valence-electron chi connectivity index (χ4n) is 1.63. The number of hydrogen-bond donors (Lipinski definition) is 0. The van der Waals surface area contributed by atoms with Gasteiger partial charge in [0.25, 0.3) is 5.69 Å². The number of rotatable bonds is 3. The van der Waals surface area contributed by atoms with Gasteiger partial charge in [-0.15, -0.1) is 5.75 Å². The summed E-state index contributed by atoms with van der Waals surface area (Å²) in [5, 5.41) is 22.2. The lowest BCUT2D eigenvalue weighted by Gasteiger charge is -2.12. The number of benzene rings is 2. The summed E-state index contributed by atoms with van der Waals surface area (Å²) in [5.41, 5.74) is 1.37. The van der Waals surface area contributed by atoms with E-state index in [2.05, 4.69) is 0 Å². The summed E-state index contributed by atoms with van der Waals surface area (Å²) >= 11 is 0. The zero-order valence-corrected chi connectivity index (χ0v) is 9.00. The molecular formula is C13H10NO3-. The fourth-order valence-corrected chi connectivity index (χ4v) is 1.63. The first kappa shape index (κ1) is 11.1. The molecule has 0 N–H and O–H groups in total. The molecule has 0 aliphatic rings. The van der Waals surface area contributed by atoms with E-state index in [1.807, 2.05) is 30.3 Å². The van der Waals surface area contributed by atoms with Crippen LogP contribution in [0, 0.1) is 10.1 Å². The lowest BCUT2D eigenvalue weighted by Crippen LogP contribution is -1.99. The van der Waals surface area contributed by atoms with Crippen LogP contribution in [0.25, 0.3) is 0 Å². The standard InChI is InChI=1S/C13H11NO3/c15-13-7-6-12(14(16)17)9-11(13)8-10-4-2-1-3-5-10/h1-7,9,15H,8H2/p-1. The third-order valence-corrected chi connectivity index (χ3v) is 2.49. The van der Waals surface area contributed by atoms with Crippen molar-refractivity contribution in [2.75, 3.05) is 0 Å². The smallest absolute Gasteiger partial charge is 0.269 e. The molecule has 0 atom stereocenters. The predicted octanol–water partition coefficient (Wildman–Crippen LogP) is 2.26. The van der Waals surface area contributed by atoms with Gasteiger partial charge in [0, 0.05) is 12.1 Å². The Morgan fingerprint density at radius 2 is 1.76 bits per heavy atom. The van der Waals surface area contributed by atoms with Crippen LogP contribution in [0.3, 0.4) is 0 Å². The van der Waals surface area contributed by atoms with Crippen LogP contribution < -0.4 is 5.11 Å². The van der Waals surface area contributed by atoms with E-state index in [1.54, 1.807) is 0 Å². The molecule has 0 bridgehead atoms. The van der Waals surface area contributed by atoms with Crippen molar-refractivity contribution in [2.24, 2.45) is 0 Å². The van der Waals surface area contributed by atoms with Crippen molar-refractivity contribution >= 4 is 5.69 Å². The molecule has 0 aliphatic heterocycles. The van der Waals surface area contributed by atoms with E-state index < -0.39 is 4.92 Å². The van der Waals surface area contributed by atoms with E-state index in [1.165, 1.54) is 18.2 Å². The zero-order chi connectivity index (χ0) is 12.3. The first-order valence-corrected chi connectivity index (χ1v) is 5.15. The number of nitro benzene ring substituents is 1. The molecule has 0 fully saturated rings. The number of nitrogens with zero attached hydrogens (tertiary/aromatic N) is 1. The molecular weight excluding hydrogens is 218 g/mol. The molecule has 17 heavy (non-hydrogen) atoms. The minimum Gasteiger partial charge on any atom is -0.872 e. The Morgan fingerprint density at radius 1 is 1.06 bits per heavy atom. The summed E-state index contributed by atoms with van der Waals surface area (Å²) in [4.78, 5) is 10.1. The van der Waals surface area contributed by atoms with Gasteiger partial charge in [0.2, 0.25) is 0 Å². The maximum absolute atomic E-state index is 11.6. The zero-order valence-electron chi connectivity index (χ0n) is 9.00. The lowest BCUT2D eigenvalue weighted by molar-refractivity contribution is -0.385. The van der Waals surface area contributed by atoms with Gasteiger partial charge in [0.05, 0.1) is 4.92 Å². The monoisotopic (exact) mass is 228 g/mol. The quantitative estimate of drug-likeness (QED) is 0.597. The molecule has 0 aromatic heterocycles. The van der Waals surface area contributed by atoms with Gasteiger partial charge >= 0.3 is 0 Å². The van der Waals surface area contributed by atoms with Crippen molar-refractivity contribution < 1.29 is 10.0 Å². The second-order valence-electron chi connectivity index (χ2n) is 3.71. The van der Waals surface area contributed by atoms with Gasteiger partial charge < -0.3 is 5.11 Å². The van der Waals surface area contributed by atoms with Crippen molar-refractivity contribution in [3.63, 3.8) is 0 Å². The van der Waals surface area contributed by atoms with Crippen LogP contribution in [0.5, 0.6) is 5.75 Å². The summed E-state index contributed by atoms with van der Waals surface area (Å²) in [7, 11) is 0. The predicted molar refractivity (Wildman–Crippen MR) is 61.8 cm³/mol. The molecule has 2 rings (SSSR count). The van der Waals surface area contributed by atoms with Crippen LogP contribution in [-0.2, 0) is 6.42 Å². The maximum atomic E-state index is 11.6. The van der Waals surface area contributed by atoms with Gasteiger partial charge in [0.15, 0.2) is 0 Å². The van der Waals surface area contributed by atoms with E-state index in [0.29, 0.717) is 12.0 Å². The van der Waals surface area contributed by atoms with Gasteiger partial charge in [-0.05, 0) is 17.5 Å². The van der Waals surface area contributed by atoms with Crippen LogP contribution in [0.1, 0.15) is 11.1 Å². The molecule has 0 spiro atoms. The Labute approximate surface area is 98.3 Å². The first-order valence-electron chi connectivity index (χ1n) is 5.15. The van der Waals surface area contributed by atoms with E-state index >= 15 is 0 Å². The van der Waals surface area contributed by atoms with Gasteiger partial charge in [-0.2, -0.15) is 0 Å². The van der Waals surface area contributed by atoms with E-state index in [9.17, 15) is 15.2 Å². The number of hydrogen-bond acceptors (Lipinski definition) is 3. The van der Waals surface area contributed by atoms with E-state index in [4.69, 9.17) is 0 Å². The summed E-state index contributed by atoms with van der Waals surface area (Å²) < 4.78 is 0. The van der Waals surface area contributed by atoms with Crippen molar-refractivity contribution in [1.29, 1.82) is 0 Å². The van der Waals surface area contributed by atoms with Crippen LogP contribution in [0.15, 0.2) is 48.5 Å². The van der Waals surface area contributed by atoms with E-state index in [-0.39, 0.29) is 11.4 Å². The number of nitro groups is 1. The van der Waals surface area contributed by atoms with Crippen molar-refractivity contribution in [2.45, 2.75) is 6.42 Å². The van der Waals surface area contributed by atoms with Crippen molar-refractivity contribution in [3.05, 3.63) is 69.8 Å². The molecule has 0 unspecified atom stereocenters. The third-order valence-electron chi connectivity index (χ3n) is 2.49. The molecule has 0 aliphatic carbocycles. The summed E-state index contributed by atoms with van der Waals surface area (Å²) in [6.07, 6.45) is 0.418. The largest absolute Gasteiger partial charge is 0.872 e. The minimum absolute atomic E-state index is 0.0458. The van der Waals surface area contributed by atoms with Crippen molar-refractivity contribution in [1.82, 2.24) is 0 Å². The fraction of sp³-hybridized carbons (Fsp3) is 0.0769. The molecule has 0 saturated heterocycles. The second kappa shape index (κ2) is 4.65. The third kappa shape index (κ3) is 2.60. The summed E-state index contributed by atoms with van der Waals surface area (Å²) in [6.45, 7) is 0. The molecule has 4 heteroatoms. The van der Waals surface area contributed by atoms with Crippen LogP contribution in [-0.4, -0.2) is 4.92 Å². The Balaban J connectivity index is 2.32. The second-order valence-corrected chi connectivity index (χ2v) is 3.71. The van der Waals surface area contributed by atoms with Gasteiger partial charge in [-0.1, -0.05) is 36.4 Å². The van der Waals surface area contributed by atoms with E-state index in [0.717, 1.165) is 5.56 Å². The Kier molecular flexibility index (Phi) is 3.05. The molecule has 2 aromatic rings. The Hall–Kier alpha value is -2.36. The Morgan fingerprint density at radius 3 is 2.41 bits per heavy atom. The topological polar surface area (TPSA) is 66.2 Å². The Bertz CT molecular complexity index is 538. The molecule has 0 heterocycles. The number of non-ortho nitro benzene ring substituents is 1. The summed E-state index contributed by atoms with van der Waals surface area (Å²) in [5.74, 6) is -0.167. The molecule has 86 valence electrons. The van der Waals surface area contributed by atoms with Crippen molar-refractivity contribution in [3.8, 4) is 5.75 Å². The molecule has 0 amide bonds. The summed E-state index contributed by atoms with van der Waals surface area (Å²) in [6, 6.07) is 13.2. The van der Waals surface area contributed by atoms with Crippen LogP contribution in [0.2, 0.25) is 0 Å². The first-order chi connectivity index (χ1) is 8.16. The minimum atomic E-state index is -0.492. The highest BCUT2D eigenvalue weighted by Crippen LogP contribution is 2.23. The highest BCUT2D eigenvalue weighted by atomic mass is 16.6. The lowest BCUT2D eigenvalue weighted by atomic mass is 10.0. The SMILES string of the molecule is O=[N+]([O-])c1ccc([O-])c(Cc2ccccc2)c1.